The Balaban J connectivity index is 1.67. The summed E-state index contributed by atoms with van der Waals surface area (Å²) in [5.74, 6) is 1.14. The van der Waals surface area contributed by atoms with Crippen LogP contribution >= 0.6 is 11.8 Å². The molecular weight excluding hydrogens is 296 g/mol. The predicted octanol–water partition coefficient (Wildman–Crippen LogP) is 3.14. The van der Waals surface area contributed by atoms with Gasteiger partial charge in [-0.2, -0.15) is 0 Å². The lowest BCUT2D eigenvalue weighted by Crippen LogP contribution is -2.45. The van der Waals surface area contributed by atoms with Crippen LogP contribution in [0.4, 0.5) is 0 Å². The number of nitrogens with two attached hydrogens (primary N) is 1. The molecule has 1 atom stereocenters. The molecule has 0 saturated carbocycles. The highest BCUT2D eigenvalue weighted by Crippen LogP contribution is 2.26. The molecule has 1 aliphatic heterocycles. The van der Waals surface area contributed by atoms with Crippen LogP contribution in [0.3, 0.4) is 0 Å². The first kappa shape index (κ1) is 15.2. The van der Waals surface area contributed by atoms with Crippen molar-refractivity contribution in [1.29, 1.82) is 0 Å². The fraction of sp³-hybridized carbons (Fsp3) is 0.353. The molecule has 116 valence electrons. The Bertz CT molecular complexity index is 627. The summed E-state index contributed by atoms with van der Waals surface area (Å²) in [6.07, 6.45) is 3.54. The van der Waals surface area contributed by atoms with E-state index in [1.807, 2.05) is 29.2 Å². The standard InChI is InChI=1S/C17H20N2O2S/c18-14-5-4-9-19(11-14)17(20)16-13(8-10-21-16)12-22-15-6-2-1-3-7-15/h1-3,6-8,10,14H,4-5,9,11-12,18H2/t14-/m0/s1. The number of benzene rings is 1. The van der Waals surface area contributed by atoms with E-state index in [0.29, 0.717) is 12.3 Å². The van der Waals surface area contributed by atoms with Crippen LogP contribution < -0.4 is 5.73 Å². The molecule has 0 unspecified atom stereocenters. The molecule has 0 bridgehead atoms. The second-order valence-corrected chi connectivity index (χ2v) is 6.58. The van der Waals surface area contributed by atoms with E-state index < -0.39 is 0 Å². The van der Waals surface area contributed by atoms with Crippen molar-refractivity contribution in [3.8, 4) is 0 Å². The normalized spacial score (nSPS) is 18.4. The molecule has 0 spiro atoms. The largest absolute Gasteiger partial charge is 0.459 e. The maximum atomic E-state index is 12.6. The van der Waals surface area contributed by atoms with Gasteiger partial charge in [0.2, 0.25) is 0 Å². The molecule has 3 rings (SSSR count). The Labute approximate surface area is 134 Å². The molecule has 1 aromatic heterocycles. The van der Waals surface area contributed by atoms with E-state index in [-0.39, 0.29) is 11.9 Å². The van der Waals surface area contributed by atoms with E-state index in [1.54, 1.807) is 18.0 Å². The molecule has 22 heavy (non-hydrogen) atoms. The number of piperidine rings is 1. The monoisotopic (exact) mass is 316 g/mol. The quantitative estimate of drug-likeness (QED) is 0.880. The first-order valence-corrected chi connectivity index (χ1v) is 8.51. The molecule has 1 aromatic carbocycles. The van der Waals surface area contributed by atoms with Crippen molar-refractivity contribution in [2.45, 2.75) is 29.5 Å². The van der Waals surface area contributed by atoms with E-state index in [2.05, 4.69) is 12.1 Å². The molecule has 2 N–H and O–H groups in total. The average Bonchev–Trinajstić information content (AvgIpc) is 3.01. The van der Waals surface area contributed by atoms with Crippen molar-refractivity contribution in [1.82, 2.24) is 4.90 Å². The maximum Gasteiger partial charge on any atom is 0.289 e. The first-order valence-electron chi connectivity index (χ1n) is 7.53. The van der Waals surface area contributed by atoms with Crippen molar-refractivity contribution in [3.05, 3.63) is 54.0 Å². The minimum Gasteiger partial charge on any atom is -0.459 e. The number of hydrogen-bond acceptors (Lipinski definition) is 4. The van der Waals surface area contributed by atoms with Gasteiger partial charge in [0.05, 0.1) is 6.26 Å². The number of rotatable bonds is 4. The summed E-state index contributed by atoms with van der Waals surface area (Å²) in [7, 11) is 0. The van der Waals surface area contributed by atoms with Crippen molar-refractivity contribution in [3.63, 3.8) is 0 Å². The van der Waals surface area contributed by atoms with Crippen LogP contribution in [0.15, 0.2) is 52.0 Å². The Hall–Kier alpha value is -1.72. The Kier molecular flexibility index (Phi) is 4.85. The molecule has 2 heterocycles. The second kappa shape index (κ2) is 7.03. The Morgan fingerprint density at radius 2 is 2.14 bits per heavy atom. The second-order valence-electron chi connectivity index (χ2n) is 5.53. The lowest BCUT2D eigenvalue weighted by atomic mass is 10.1. The zero-order valence-corrected chi connectivity index (χ0v) is 13.2. The third kappa shape index (κ3) is 3.54. The van der Waals surface area contributed by atoms with Gasteiger partial charge in [0.15, 0.2) is 5.76 Å². The van der Waals surface area contributed by atoms with Crippen molar-refractivity contribution in [2.24, 2.45) is 5.73 Å². The fourth-order valence-electron chi connectivity index (χ4n) is 2.65. The number of amides is 1. The maximum absolute atomic E-state index is 12.6. The summed E-state index contributed by atoms with van der Waals surface area (Å²) < 4.78 is 5.46. The Morgan fingerprint density at radius 3 is 2.91 bits per heavy atom. The van der Waals surface area contributed by atoms with Gasteiger partial charge in [-0.3, -0.25) is 4.79 Å². The number of furan rings is 1. The first-order chi connectivity index (χ1) is 10.7. The van der Waals surface area contributed by atoms with E-state index in [1.165, 1.54) is 4.90 Å². The van der Waals surface area contributed by atoms with Gasteiger partial charge in [0.25, 0.3) is 5.91 Å². The Morgan fingerprint density at radius 1 is 1.32 bits per heavy atom. The van der Waals surface area contributed by atoms with Crippen LogP contribution in [0.5, 0.6) is 0 Å². The molecule has 1 saturated heterocycles. The van der Waals surface area contributed by atoms with Crippen LogP contribution in [0.2, 0.25) is 0 Å². The summed E-state index contributed by atoms with van der Waals surface area (Å²) in [5, 5.41) is 0. The SMILES string of the molecule is N[C@H]1CCCN(C(=O)c2occc2CSc2ccccc2)C1. The predicted molar refractivity (Wildman–Crippen MR) is 87.8 cm³/mol. The number of hydrogen-bond donors (Lipinski definition) is 1. The van der Waals surface area contributed by atoms with Gasteiger partial charge >= 0.3 is 0 Å². The summed E-state index contributed by atoms with van der Waals surface area (Å²) in [6, 6.07) is 12.1. The minimum atomic E-state index is -0.0381. The molecule has 4 nitrogen and oxygen atoms in total. The molecule has 0 radical (unpaired) electrons. The van der Waals surface area contributed by atoms with Crippen molar-refractivity contribution in [2.75, 3.05) is 13.1 Å². The van der Waals surface area contributed by atoms with Gasteiger partial charge in [-0.1, -0.05) is 18.2 Å². The minimum absolute atomic E-state index is 0.0381. The topological polar surface area (TPSA) is 59.5 Å². The van der Waals surface area contributed by atoms with Crippen LogP contribution in [-0.4, -0.2) is 29.9 Å². The highest BCUT2D eigenvalue weighted by Gasteiger charge is 2.26. The van der Waals surface area contributed by atoms with Crippen LogP contribution in [-0.2, 0) is 5.75 Å². The lowest BCUT2D eigenvalue weighted by molar-refractivity contribution is 0.0675. The number of nitrogens with zero attached hydrogens (tertiary/aromatic N) is 1. The zero-order chi connectivity index (χ0) is 15.4. The van der Waals surface area contributed by atoms with E-state index in [4.69, 9.17) is 10.2 Å². The van der Waals surface area contributed by atoms with Gasteiger partial charge < -0.3 is 15.1 Å². The van der Waals surface area contributed by atoms with Gasteiger partial charge in [-0.15, -0.1) is 11.8 Å². The zero-order valence-electron chi connectivity index (χ0n) is 12.4. The van der Waals surface area contributed by atoms with Gasteiger partial charge in [-0.05, 0) is 31.0 Å². The average molecular weight is 316 g/mol. The molecule has 1 amide bonds. The van der Waals surface area contributed by atoms with Gasteiger partial charge in [0, 0.05) is 35.3 Å². The molecule has 2 aromatic rings. The summed E-state index contributed by atoms with van der Waals surface area (Å²) in [6.45, 7) is 1.38. The van der Waals surface area contributed by atoms with Crippen LogP contribution in [0.1, 0.15) is 29.0 Å². The number of carbonyl (C=O) groups is 1. The third-order valence-electron chi connectivity index (χ3n) is 3.82. The fourth-order valence-corrected chi connectivity index (χ4v) is 3.55. The highest BCUT2D eigenvalue weighted by atomic mass is 32.2. The summed E-state index contributed by atoms with van der Waals surface area (Å²) in [4.78, 5) is 15.6. The summed E-state index contributed by atoms with van der Waals surface area (Å²) >= 11 is 1.70. The van der Waals surface area contributed by atoms with Crippen molar-refractivity contribution < 1.29 is 9.21 Å². The van der Waals surface area contributed by atoms with Crippen LogP contribution in [0, 0.1) is 0 Å². The molecule has 0 aliphatic carbocycles. The molecule has 1 aliphatic rings. The molecule has 5 heteroatoms. The van der Waals surface area contributed by atoms with Gasteiger partial charge in [-0.25, -0.2) is 0 Å². The highest BCUT2D eigenvalue weighted by molar-refractivity contribution is 7.98. The van der Waals surface area contributed by atoms with E-state index in [0.717, 1.165) is 30.7 Å². The molecule has 1 fully saturated rings. The van der Waals surface area contributed by atoms with Gasteiger partial charge in [0.1, 0.15) is 0 Å². The number of carbonyl (C=O) groups excluding carboxylic acids is 1. The van der Waals surface area contributed by atoms with E-state index >= 15 is 0 Å². The smallest absolute Gasteiger partial charge is 0.289 e. The van der Waals surface area contributed by atoms with Crippen molar-refractivity contribution >= 4 is 17.7 Å². The van der Waals surface area contributed by atoms with E-state index in [9.17, 15) is 4.79 Å². The lowest BCUT2D eigenvalue weighted by Gasteiger charge is -2.30. The number of thioether (sulfide) groups is 1. The number of likely N-dealkylation sites (tertiary alicyclic amines) is 1. The molecular formula is C17H20N2O2S. The third-order valence-corrected chi connectivity index (χ3v) is 4.88. The summed E-state index contributed by atoms with van der Waals surface area (Å²) in [5.41, 5.74) is 6.90. The van der Waals surface area contributed by atoms with Crippen LogP contribution in [0.25, 0.3) is 0 Å².